The van der Waals surface area contributed by atoms with Crippen molar-refractivity contribution in [1.29, 1.82) is 0 Å². The summed E-state index contributed by atoms with van der Waals surface area (Å²) < 4.78 is 36.0. The number of nitrogens with zero attached hydrogens (tertiary/aromatic N) is 2. The molecule has 8 nitrogen and oxygen atoms in total. The van der Waals surface area contributed by atoms with E-state index in [0.29, 0.717) is 29.9 Å². The number of carbonyl (C=O) groups excluding carboxylic acids is 1. The quantitative estimate of drug-likeness (QED) is 0.312. The lowest BCUT2D eigenvalue weighted by Gasteiger charge is -2.40. The van der Waals surface area contributed by atoms with Crippen molar-refractivity contribution in [3.8, 4) is 5.75 Å². The molecule has 240 valence electrons. The van der Waals surface area contributed by atoms with E-state index in [0.717, 1.165) is 55.2 Å². The van der Waals surface area contributed by atoms with Gasteiger partial charge in [-0.15, -0.1) is 0 Å². The Hall–Kier alpha value is -3.43. The summed E-state index contributed by atoms with van der Waals surface area (Å²) in [5.74, 6) is -0.843. The molecule has 0 fully saturated rings. The molecule has 0 radical (unpaired) electrons. The highest BCUT2D eigenvalue weighted by Crippen LogP contribution is 2.50. The molecule has 0 bridgehead atoms. The standard InChI is InChI=1S/C33H45N2O4S.C2H4O2/c1-6-8-18-33(19-9-7-2)24-40(37,38)30-15-12-27(34(3)4)22-29(30)31(32(33)36)26-10-13-28(14-11-26)39-23-25-16-20-35(5)21-17-25;1-2(3)4/h10-17,20-22,31-32,36H,6-9,18-19,23-24H2,1-5H3;1H3,(H,3,4)/q+1;/p-1/t31-,32-;/m1./s1. The van der Waals surface area contributed by atoms with Crippen LogP contribution >= 0.6 is 0 Å². The first-order valence-electron chi connectivity index (χ1n) is 15.4. The number of aliphatic carboxylic acids is 1. The van der Waals surface area contributed by atoms with Crippen LogP contribution in [-0.2, 0) is 28.3 Å². The number of aryl methyl sites for hydroxylation is 1. The molecule has 9 heteroatoms. The van der Waals surface area contributed by atoms with Gasteiger partial charge in [0.15, 0.2) is 22.2 Å². The van der Waals surface area contributed by atoms with Crippen LogP contribution in [0.15, 0.2) is 71.9 Å². The molecule has 0 spiro atoms. The van der Waals surface area contributed by atoms with Crippen molar-refractivity contribution in [3.05, 3.63) is 83.7 Å². The van der Waals surface area contributed by atoms with E-state index in [1.807, 2.05) is 91.5 Å². The Labute approximate surface area is 263 Å². The molecule has 0 saturated carbocycles. The molecule has 2 aromatic carbocycles. The van der Waals surface area contributed by atoms with Crippen LogP contribution in [0.2, 0.25) is 0 Å². The number of hydrogen-bond acceptors (Lipinski definition) is 7. The zero-order valence-corrected chi connectivity index (χ0v) is 27.8. The second-order valence-corrected chi connectivity index (χ2v) is 14.0. The molecule has 1 aliphatic rings. The second-order valence-electron chi connectivity index (χ2n) is 12.1. The summed E-state index contributed by atoms with van der Waals surface area (Å²) in [5, 5.41) is 21.2. The van der Waals surface area contributed by atoms with Gasteiger partial charge in [-0.3, -0.25) is 0 Å². The number of aliphatic hydroxyl groups excluding tert-OH is 1. The minimum absolute atomic E-state index is 0.0258. The maximum atomic E-state index is 14.0. The molecule has 2 atom stereocenters. The Morgan fingerprint density at radius 3 is 2.11 bits per heavy atom. The number of sulfone groups is 1. The van der Waals surface area contributed by atoms with E-state index in [1.165, 1.54) is 0 Å². The second kappa shape index (κ2) is 15.5. The van der Waals surface area contributed by atoms with E-state index in [4.69, 9.17) is 14.6 Å². The van der Waals surface area contributed by atoms with Crippen LogP contribution in [0.3, 0.4) is 0 Å². The van der Waals surface area contributed by atoms with Crippen LogP contribution in [-0.4, -0.2) is 45.4 Å². The fourth-order valence-corrected chi connectivity index (χ4v) is 8.15. The molecule has 4 rings (SSSR count). The van der Waals surface area contributed by atoms with E-state index >= 15 is 0 Å². The van der Waals surface area contributed by atoms with Crippen LogP contribution in [0.25, 0.3) is 0 Å². The third-order valence-corrected chi connectivity index (χ3v) is 10.3. The minimum atomic E-state index is -3.62. The van der Waals surface area contributed by atoms with Gasteiger partial charge in [-0.25, -0.2) is 13.0 Å². The van der Waals surface area contributed by atoms with Gasteiger partial charge in [-0.1, -0.05) is 51.7 Å². The van der Waals surface area contributed by atoms with Crippen molar-refractivity contribution in [1.82, 2.24) is 0 Å². The van der Waals surface area contributed by atoms with Crippen LogP contribution in [0.1, 0.15) is 81.9 Å². The SMILES string of the molecule is CC(=O)[O-].CCCCC1(CCCC)CS(=O)(=O)c2ccc(N(C)C)cc2[C@@H](c2ccc(OCc3cc[n+](C)cc3)cc2)[C@H]1O. The summed E-state index contributed by atoms with van der Waals surface area (Å²) in [6.45, 7) is 5.67. The molecule has 1 aromatic heterocycles. The predicted octanol–water partition coefficient (Wildman–Crippen LogP) is 4.56. The lowest BCUT2D eigenvalue weighted by atomic mass is 9.68. The first kappa shape index (κ1) is 35.1. The largest absolute Gasteiger partial charge is 0.550 e. The molecule has 0 aliphatic carbocycles. The van der Waals surface area contributed by atoms with E-state index in [2.05, 4.69) is 13.8 Å². The number of benzene rings is 2. The average Bonchev–Trinajstić information content (AvgIpc) is 3.05. The first-order chi connectivity index (χ1) is 20.8. The van der Waals surface area contributed by atoms with Crippen LogP contribution in [0, 0.1) is 5.41 Å². The summed E-state index contributed by atoms with van der Waals surface area (Å²) in [6, 6.07) is 17.5. The number of hydrogen-bond donors (Lipinski definition) is 1. The molecule has 0 amide bonds. The Balaban J connectivity index is 0.00000124. The highest BCUT2D eigenvalue weighted by atomic mass is 32.2. The van der Waals surface area contributed by atoms with Gasteiger partial charge in [-0.05, 0) is 61.2 Å². The van der Waals surface area contributed by atoms with E-state index in [1.54, 1.807) is 6.07 Å². The van der Waals surface area contributed by atoms with Gasteiger partial charge in [0.2, 0.25) is 0 Å². The summed E-state index contributed by atoms with van der Waals surface area (Å²) in [5.41, 5.74) is 2.86. The topological polar surface area (TPSA) is 111 Å². The van der Waals surface area contributed by atoms with Crippen molar-refractivity contribution in [3.63, 3.8) is 0 Å². The van der Waals surface area contributed by atoms with E-state index in [9.17, 15) is 13.5 Å². The summed E-state index contributed by atoms with van der Waals surface area (Å²) in [7, 11) is 2.26. The van der Waals surface area contributed by atoms with Crippen LogP contribution in [0.5, 0.6) is 5.75 Å². The number of aromatic nitrogens is 1. The minimum Gasteiger partial charge on any atom is -0.550 e. The normalized spacial score (nSPS) is 18.2. The maximum absolute atomic E-state index is 14.0. The molecule has 44 heavy (non-hydrogen) atoms. The lowest BCUT2D eigenvalue weighted by Crippen LogP contribution is -2.43. The number of unbranched alkanes of at least 4 members (excludes halogenated alkanes) is 2. The van der Waals surface area contributed by atoms with Crippen molar-refractivity contribution in [2.75, 3.05) is 24.7 Å². The Kier molecular flexibility index (Phi) is 12.4. The van der Waals surface area contributed by atoms with Gasteiger partial charge in [0.1, 0.15) is 19.4 Å². The summed E-state index contributed by atoms with van der Waals surface area (Å²) in [6.07, 6.45) is 8.19. The average molecular weight is 625 g/mol. The number of fused-ring (bicyclic) bond motifs is 1. The van der Waals surface area contributed by atoms with Crippen LogP contribution < -0.4 is 19.3 Å². The number of aliphatic hydroxyl groups is 1. The fourth-order valence-electron chi connectivity index (χ4n) is 5.96. The molecule has 0 unspecified atom stereocenters. The van der Waals surface area contributed by atoms with Gasteiger partial charge in [0.25, 0.3) is 0 Å². The fraction of sp³-hybridized carbons (Fsp3) is 0.486. The first-order valence-corrected chi connectivity index (χ1v) is 17.1. The van der Waals surface area contributed by atoms with Crippen LogP contribution in [0.4, 0.5) is 5.69 Å². The van der Waals surface area contributed by atoms with E-state index in [-0.39, 0.29) is 5.75 Å². The van der Waals surface area contributed by atoms with Crippen molar-refractivity contribution >= 4 is 21.5 Å². The van der Waals surface area contributed by atoms with Gasteiger partial charge in [-0.2, -0.15) is 0 Å². The maximum Gasteiger partial charge on any atom is 0.179 e. The highest BCUT2D eigenvalue weighted by molar-refractivity contribution is 7.91. The Bertz CT molecular complexity index is 1460. The summed E-state index contributed by atoms with van der Waals surface area (Å²) in [4.78, 5) is 11.2. The Morgan fingerprint density at radius 2 is 1.59 bits per heavy atom. The third kappa shape index (κ3) is 8.82. The van der Waals surface area contributed by atoms with E-state index < -0.39 is 33.2 Å². The number of carboxylic acids is 1. The highest BCUT2D eigenvalue weighted by Gasteiger charge is 2.49. The molecule has 3 aromatic rings. The zero-order valence-electron chi connectivity index (χ0n) is 27.0. The van der Waals surface area contributed by atoms with Crippen molar-refractivity contribution in [2.24, 2.45) is 12.5 Å². The predicted molar refractivity (Wildman–Crippen MR) is 171 cm³/mol. The molecule has 1 N–H and O–H groups in total. The van der Waals surface area contributed by atoms with Crippen molar-refractivity contribution in [2.45, 2.75) is 82.8 Å². The summed E-state index contributed by atoms with van der Waals surface area (Å²) >= 11 is 0. The number of carboxylic acid groups (broad SMARTS) is 1. The number of carbonyl (C=O) groups is 1. The molecular weight excluding hydrogens is 576 g/mol. The smallest absolute Gasteiger partial charge is 0.179 e. The third-order valence-electron chi connectivity index (χ3n) is 8.35. The lowest BCUT2D eigenvalue weighted by molar-refractivity contribution is -0.671. The van der Waals surface area contributed by atoms with Gasteiger partial charge < -0.3 is 24.6 Å². The van der Waals surface area contributed by atoms with Crippen molar-refractivity contribution < 1.29 is 32.7 Å². The van der Waals surface area contributed by atoms with Gasteiger partial charge in [0.05, 0.1) is 16.8 Å². The zero-order chi connectivity index (χ0) is 32.5. The van der Waals surface area contributed by atoms with Gasteiger partial charge in [0, 0.05) is 54.8 Å². The number of rotatable bonds is 11. The molecular formula is C35H48N2O6S. The number of ether oxygens (including phenoxy) is 1. The number of anilines is 1. The monoisotopic (exact) mass is 624 g/mol. The molecule has 1 aliphatic heterocycles. The molecule has 2 heterocycles. The number of pyridine rings is 1. The van der Waals surface area contributed by atoms with Gasteiger partial charge >= 0.3 is 0 Å². The Morgan fingerprint density at radius 1 is 1.02 bits per heavy atom. The molecule has 0 saturated heterocycles.